The number of benzene rings is 1. The summed E-state index contributed by atoms with van der Waals surface area (Å²) in [6, 6.07) is 4.42. The molecular weight excluding hydrogens is 184 g/mol. The zero-order valence-electron chi connectivity index (χ0n) is 10.7. The van der Waals surface area contributed by atoms with Crippen molar-refractivity contribution in [3.63, 3.8) is 0 Å². The summed E-state index contributed by atoms with van der Waals surface area (Å²) in [6.07, 6.45) is 0.296. The van der Waals surface area contributed by atoms with Crippen LogP contribution in [0.4, 0.5) is 0 Å². The van der Waals surface area contributed by atoms with Gasteiger partial charge in [-0.05, 0) is 64.2 Å². The number of hydrogen-bond acceptors (Lipinski definition) is 2. The van der Waals surface area contributed by atoms with Crippen molar-refractivity contribution >= 4 is 0 Å². The molecule has 0 heterocycles. The Bertz CT molecular complexity index is 343. The van der Waals surface area contributed by atoms with Crippen LogP contribution >= 0.6 is 0 Å². The highest BCUT2D eigenvalue weighted by Crippen LogP contribution is 2.23. The molecule has 0 amide bonds. The van der Waals surface area contributed by atoms with E-state index in [9.17, 15) is 0 Å². The van der Waals surface area contributed by atoms with Crippen LogP contribution in [0.3, 0.4) is 0 Å². The third-order valence-corrected chi connectivity index (χ3v) is 3.18. The summed E-state index contributed by atoms with van der Waals surface area (Å²) < 4.78 is 0. The third-order valence-electron chi connectivity index (χ3n) is 3.18. The average molecular weight is 206 g/mol. The fourth-order valence-corrected chi connectivity index (χ4v) is 1.97. The van der Waals surface area contributed by atoms with E-state index in [0.29, 0.717) is 6.17 Å². The van der Waals surface area contributed by atoms with Gasteiger partial charge in [0.25, 0.3) is 0 Å². The van der Waals surface area contributed by atoms with Crippen molar-refractivity contribution in [3.8, 4) is 0 Å². The van der Waals surface area contributed by atoms with Crippen molar-refractivity contribution in [1.82, 2.24) is 10.2 Å². The Hall–Kier alpha value is -0.860. The van der Waals surface area contributed by atoms with Crippen molar-refractivity contribution in [2.24, 2.45) is 0 Å². The lowest BCUT2D eigenvalue weighted by Crippen LogP contribution is -2.31. The molecule has 0 fully saturated rings. The maximum Gasteiger partial charge on any atom is 0.0856 e. The molecule has 2 heteroatoms. The number of aryl methyl sites for hydroxylation is 1. The van der Waals surface area contributed by atoms with Crippen molar-refractivity contribution in [3.05, 3.63) is 34.4 Å². The molecule has 1 unspecified atom stereocenters. The molecule has 0 radical (unpaired) electrons. The van der Waals surface area contributed by atoms with Gasteiger partial charge in [0.15, 0.2) is 0 Å². The molecule has 1 aromatic rings. The molecule has 84 valence electrons. The fraction of sp³-hybridized carbons (Fsp3) is 0.538. The zero-order valence-corrected chi connectivity index (χ0v) is 10.7. The molecule has 2 nitrogen and oxygen atoms in total. The van der Waals surface area contributed by atoms with E-state index >= 15 is 0 Å². The first-order chi connectivity index (χ1) is 6.99. The highest BCUT2D eigenvalue weighted by atomic mass is 15.2. The Balaban J connectivity index is 3.19. The minimum absolute atomic E-state index is 0.296. The molecule has 0 aromatic heterocycles. The molecule has 0 aliphatic rings. The lowest BCUT2D eigenvalue weighted by Gasteiger charge is -2.26. The molecular formula is C13H22N2. The van der Waals surface area contributed by atoms with Gasteiger partial charge in [0.2, 0.25) is 0 Å². The molecule has 0 saturated heterocycles. The molecule has 1 atom stereocenters. The Morgan fingerprint density at radius 2 is 1.67 bits per heavy atom. The summed E-state index contributed by atoms with van der Waals surface area (Å²) in [5.74, 6) is 0. The Morgan fingerprint density at radius 1 is 1.07 bits per heavy atom. The van der Waals surface area contributed by atoms with Crippen molar-refractivity contribution in [2.45, 2.75) is 26.9 Å². The van der Waals surface area contributed by atoms with E-state index in [-0.39, 0.29) is 0 Å². The maximum atomic E-state index is 3.33. The van der Waals surface area contributed by atoms with Gasteiger partial charge in [-0.15, -0.1) is 0 Å². The van der Waals surface area contributed by atoms with Crippen LogP contribution in [-0.4, -0.2) is 26.0 Å². The molecule has 0 aliphatic heterocycles. The largest absolute Gasteiger partial charge is 0.301 e. The quantitative estimate of drug-likeness (QED) is 0.764. The molecule has 15 heavy (non-hydrogen) atoms. The van der Waals surface area contributed by atoms with Gasteiger partial charge in [-0.1, -0.05) is 12.1 Å². The molecule has 0 spiro atoms. The minimum atomic E-state index is 0.296. The van der Waals surface area contributed by atoms with Crippen LogP contribution in [0, 0.1) is 20.8 Å². The summed E-state index contributed by atoms with van der Waals surface area (Å²) in [5.41, 5.74) is 5.52. The number of nitrogens with zero attached hydrogens (tertiary/aromatic N) is 1. The molecule has 0 bridgehead atoms. The highest BCUT2D eigenvalue weighted by molar-refractivity contribution is 5.40. The van der Waals surface area contributed by atoms with Gasteiger partial charge in [-0.25, -0.2) is 0 Å². The van der Waals surface area contributed by atoms with Crippen LogP contribution in [0.25, 0.3) is 0 Å². The first-order valence-electron chi connectivity index (χ1n) is 5.39. The second-order valence-corrected chi connectivity index (χ2v) is 4.38. The third kappa shape index (κ3) is 2.39. The van der Waals surface area contributed by atoms with Gasteiger partial charge in [-0.2, -0.15) is 0 Å². The van der Waals surface area contributed by atoms with Gasteiger partial charge in [0.1, 0.15) is 0 Å². The number of rotatable bonds is 3. The van der Waals surface area contributed by atoms with E-state index < -0.39 is 0 Å². The topological polar surface area (TPSA) is 15.3 Å². The van der Waals surface area contributed by atoms with E-state index in [0.717, 1.165) is 0 Å². The van der Waals surface area contributed by atoms with Crippen LogP contribution in [0.1, 0.15) is 28.4 Å². The van der Waals surface area contributed by atoms with E-state index in [2.05, 4.69) is 57.2 Å². The molecule has 1 rings (SSSR count). The Morgan fingerprint density at radius 3 is 2.13 bits per heavy atom. The fourth-order valence-electron chi connectivity index (χ4n) is 1.97. The average Bonchev–Trinajstić information content (AvgIpc) is 2.18. The second-order valence-electron chi connectivity index (χ2n) is 4.38. The van der Waals surface area contributed by atoms with Crippen LogP contribution in [-0.2, 0) is 0 Å². The summed E-state index contributed by atoms with van der Waals surface area (Å²) in [4.78, 5) is 2.19. The summed E-state index contributed by atoms with van der Waals surface area (Å²) >= 11 is 0. The number of hydrogen-bond donors (Lipinski definition) is 1. The molecule has 1 aromatic carbocycles. The minimum Gasteiger partial charge on any atom is -0.301 e. The first kappa shape index (κ1) is 12.2. The van der Waals surface area contributed by atoms with Gasteiger partial charge < -0.3 is 5.32 Å². The van der Waals surface area contributed by atoms with Crippen molar-refractivity contribution in [1.29, 1.82) is 0 Å². The Kier molecular flexibility index (Phi) is 3.89. The van der Waals surface area contributed by atoms with Gasteiger partial charge >= 0.3 is 0 Å². The van der Waals surface area contributed by atoms with E-state index in [1.54, 1.807) is 0 Å². The van der Waals surface area contributed by atoms with Gasteiger partial charge in [0, 0.05) is 0 Å². The standard InChI is InChI=1S/C13H22N2/c1-9-7-8-12(11(3)10(9)2)13(14-4)15(5)6/h7-8,13-14H,1-6H3. The van der Waals surface area contributed by atoms with Crippen LogP contribution < -0.4 is 5.32 Å². The smallest absolute Gasteiger partial charge is 0.0856 e. The second kappa shape index (κ2) is 4.77. The first-order valence-corrected chi connectivity index (χ1v) is 5.39. The van der Waals surface area contributed by atoms with Gasteiger partial charge in [-0.3, -0.25) is 4.90 Å². The Labute approximate surface area is 93.3 Å². The lowest BCUT2D eigenvalue weighted by atomic mass is 9.97. The van der Waals surface area contributed by atoms with Crippen LogP contribution in [0.2, 0.25) is 0 Å². The van der Waals surface area contributed by atoms with Crippen LogP contribution in [0.15, 0.2) is 12.1 Å². The lowest BCUT2D eigenvalue weighted by molar-refractivity contribution is 0.263. The maximum absolute atomic E-state index is 3.33. The zero-order chi connectivity index (χ0) is 11.6. The van der Waals surface area contributed by atoms with Crippen molar-refractivity contribution < 1.29 is 0 Å². The summed E-state index contributed by atoms with van der Waals surface area (Å²) in [5, 5.41) is 3.33. The predicted molar refractivity (Wildman–Crippen MR) is 66.1 cm³/mol. The molecule has 1 N–H and O–H groups in total. The van der Waals surface area contributed by atoms with Gasteiger partial charge in [0.05, 0.1) is 6.17 Å². The molecule has 0 aliphatic carbocycles. The normalized spacial score (nSPS) is 13.3. The van der Waals surface area contributed by atoms with Crippen LogP contribution in [0.5, 0.6) is 0 Å². The van der Waals surface area contributed by atoms with E-state index in [1.165, 1.54) is 22.3 Å². The van der Waals surface area contributed by atoms with E-state index in [4.69, 9.17) is 0 Å². The van der Waals surface area contributed by atoms with Crippen molar-refractivity contribution in [2.75, 3.05) is 21.1 Å². The predicted octanol–water partition coefficient (Wildman–Crippen LogP) is 2.39. The molecule has 0 saturated carbocycles. The summed E-state index contributed by atoms with van der Waals surface area (Å²) in [7, 11) is 6.19. The number of nitrogens with one attached hydrogen (secondary N) is 1. The van der Waals surface area contributed by atoms with E-state index in [1.807, 2.05) is 7.05 Å². The highest BCUT2D eigenvalue weighted by Gasteiger charge is 2.15. The summed E-state index contributed by atoms with van der Waals surface area (Å²) in [6.45, 7) is 6.55. The SMILES string of the molecule is CNC(c1ccc(C)c(C)c1C)N(C)C. The monoisotopic (exact) mass is 206 g/mol.